The molecule has 3 fully saturated rings. The molecular weight excluding hydrogens is 452 g/mol. The fraction of sp³-hybridized carbons (Fsp3) is 0.815. The van der Waals surface area contributed by atoms with E-state index in [-0.39, 0.29) is 0 Å². The summed E-state index contributed by atoms with van der Waals surface area (Å²) in [6.07, 6.45) is 16.0. The van der Waals surface area contributed by atoms with Crippen LogP contribution in [0.4, 0.5) is 11.8 Å². The minimum absolute atomic E-state index is 0.329. The maximum atomic E-state index is 6.15. The molecule has 3 heterocycles. The molecule has 2 saturated carbocycles. The first-order chi connectivity index (χ1) is 17.6. The molecule has 4 N–H and O–H groups in total. The van der Waals surface area contributed by atoms with Gasteiger partial charge in [0.05, 0.1) is 12.4 Å². The van der Waals surface area contributed by atoms with Crippen molar-refractivity contribution in [2.24, 2.45) is 11.7 Å². The predicted molar refractivity (Wildman–Crippen MR) is 145 cm³/mol. The Hall–Kier alpha value is -1.97. The second-order valence-corrected chi connectivity index (χ2v) is 11.2. The lowest BCUT2D eigenvalue weighted by molar-refractivity contribution is -0.00890. The molecule has 1 unspecified atom stereocenters. The van der Waals surface area contributed by atoms with Gasteiger partial charge in [0.2, 0.25) is 5.95 Å². The third-order valence-corrected chi connectivity index (χ3v) is 8.51. The highest BCUT2D eigenvalue weighted by atomic mass is 16.5. The molecule has 3 aliphatic rings. The summed E-state index contributed by atoms with van der Waals surface area (Å²) in [5.74, 6) is 2.15. The maximum Gasteiger partial charge on any atom is 0.227 e. The SMILES string of the molecule is CCCOC(CC)C1CCN(Nc2nc(N[C@H]3CC[C@H](N)CC3)nc3c2ncn3C2CCCC2)CC1. The van der Waals surface area contributed by atoms with E-state index in [1.165, 1.54) is 25.7 Å². The second kappa shape index (κ2) is 12.0. The van der Waals surface area contributed by atoms with Crippen molar-refractivity contribution < 1.29 is 4.74 Å². The smallest absolute Gasteiger partial charge is 0.227 e. The van der Waals surface area contributed by atoms with Crippen LogP contribution >= 0.6 is 0 Å². The molecule has 2 aliphatic carbocycles. The Bertz CT molecular complexity index is 958. The van der Waals surface area contributed by atoms with Crippen LogP contribution in [-0.4, -0.2) is 62.4 Å². The Morgan fingerprint density at radius 2 is 1.78 bits per heavy atom. The fourth-order valence-electron chi connectivity index (χ4n) is 6.34. The number of imidazole rings is 1. The lowest BCUT2D eigenvalue weighted by Crippen LogP contribution is -2.41. The summed E-state index contributed by atoms with van der Waals surface area (Å²) in [5.41, 5.74) is 11.6. The number of nitrogens with zero attached hydrogens (tertiary/aromatic N) is 5. The first-order valence-electron chi connectivity index (χ1n) is 14.5. The van der Waals surface area contributed by atoms with Crippen LogP contribution in [-0.2, 0) is 4.74 Å². The largest absolute Gasteiger partial charge is 0.378 e. The third-order valence-electron chi connectivity index (χ3n) is 8.51. The van der Waals surface area contributed by atoms with E-state index < -0.39 is 0 Å². The molecular formula is C27H46N8O. The summed E-state index contributed by atoms with van der Waals surface area (Å²) < 4.78 is 8.44. The molecule has 0 amide bonds. The van der Waals surface area contributed by atoms with E-state index >= 15 is 0 Å². The Morgan fingerprint density at radius 1 is 1.03 bits per heavy atom. The molecule has 2 aromatic rings. The van der Waals surface area contributed by atoms with E-state index in [0.717, 1.165) is 88.0 Å². The van der Waals surface area contributed by atoms with Crippen LogP contribution in [0, 0.1) is 5.92 Å². The van der Waals surface area contributed by atoms with Crippen molar-refractivity contribution >= 4 is 22.9 Å². The minimum Gasteiger partial charge on any atom is -0.378 e. The van der Waals surface area contributed by atoms with E-state index in [1.54, 1.807) is 0 Å². The zero-order valence-electron chi connectivity index (χ0n) is 22.3. The quantitative estimate of drug-likeness (QED) is 0.426. The molecule has 0 spiro atoms. The number of nitrogens with one attached hydrogen (secondary N) is 2. The number of nitrogens with two attached hydrogens (primary N) is 1. The molecule has 200 valence electrons. The van der Waals surface area contributed by atoms with Gasteiger partial charge in [-0.2, -0.15) is 9.97 Å². The van der Waals surface area contributed by atoms with Gasteiger partial charge in [0.1, 0.15) is 0 Å². The molecule has 5 rings (SSSR count). The summed E-state index contributed by atoms with van der Waals surface area (Å²) in [4.78, 5) is 14.7. The topological polar surface area (TPSA) is 106 Å². The number of hydrogen-bond donors (Lipinski definition) is 3. The number of anilines is 2. The van der Waals surface area contributed by atoms with Gasteiger partial charge in [-0.15, -0.1) is 0 Å². The minimum atomic E-state index is 0.329. The van der Waals surface area contributed by atoms with E-state index in [9.17, 15) is 0 Å². The average molecular weight is 499 g/mol. The lowest BCUT2D eigenvalue weighted by atomic mass is 9.90. The number of rotatable bonds is 10. The zero-order valence-corrected chi connectivity index (χ0v) is 22.3. The van der Waals surface area contributed by atoms with Crippen molar-refractivity contribution in [3.63, 3.8) is 0 Å². The molecule has 9 nitrogen and oxygen atoms in total. The van der Waals surface area contributed by atoms with Crippen molar-refractivity contribution in [2.45, 2.75) is 115 Å². The van der Waals surface area contributed by atoms with E-state index in [1.807, 2.05) is 6.33 Å². The van der Waals surface area contributed by atoms with Crippen molar-refractivity contribution in [3.8, 4) is 0 Å². The van der Waals surface area contributed by atoms with E-state index in [4.69, 9.17) is 25.4 Å². The number of hydrogen-bond acceptors (Lipinski definition) is 8. The van der Waals surface area contributed by atoms with Crippen molar-refractivity contribution in [1.29, 1.82) is 0 Å². The van der Waals surface area contributed by atoms with Crippen LogP contribution in [0.25, 0.3) is 11.2 Å². The second-order valence-electron chi connectivity index (χ2n) is 11.2. The van der Waals surface area contributed by atoms with Crippen molar-refractivity contribution in [2.75, 3.05) is 30.4 Å². The van der Waals surface area contributed by atoms with Crippen molar-refractivity contribution in [3.05, 3.63) is 6.33 Å². The Labute approximate surface area is 215 Å². The molecule has 0 radical (unpaired) electrons. The van der Waals surface area contributed by atoms with Gasteiger partial charge in [0.25, 0.3) is 0 Å². The molecule has 0 bridgehead atoms. The van der Waals surface area contributed by atoms with Crippen LogP contribution < -0.4 is 16.5 Å². The normalized spacial score (nSPS) is 25.4. The van der Waals surface area contributed by atoms with Gasteiger partial charge in [0.15, 0.2) is 17.0 Å². The summed E-state index contributed by atoms with van der Waals surface area (Å²) in [5, 5.41) is 5.94. The summed E-state index contributed by atoms with van der Waals surface area (Å²) in [6.45, 7) is 7.26. The van der Waals surface area contributed by atoms with E-state index in [2.05, 4.69) is 34.2 Å². The standard InChI is InChI=1S/C27H46N8O/c1-3-17-36-23(4-2)19-13-15-34(16-14-19)33-25-24-26(35(18-29-24)22-7-5-6-8-22)32-27(31-25)30-21-11-9-20(28)10-12-21/h18-23H,3-17,28H2,1-2H3,(H2,30,31,32,33)/t20-,21-,23?. The van der Waals surface area contributed by atoms with Gasteiger partial charge in [-0.1, -0.05) is 26.7 Å². The zero-order chi connectivity index (χ0) is 24.9. The van der Waals surface area contributed by atoms with Gasteiger partial charge >= 0.3 is 0 Å². The van der Waals surface area contributed by atoms with Crippen LogP contribution in [0.3, 0.4) is 0 Å². The summed E-state index contributed by atoms with van der Waals surface area (Å²) >= 11 is 0. The number of piperidine rings is 1. The Morgan fingerprint density at radius 3 is 2.47 bits per heavy atom. The Kier molecular flexibility index (Phi) is 8.59. The maximum absolute atomic E-state index is 6.15. The van der Waals surface area contributed by atoms with Crippen LogP contribution in [0.15, 0.2) is 6.33 Å². The molecule has 9 heteroatoms. The van der Waals surface area contributed by atoms with Crippen LogP contribution in [0.5, 0.6) is 0 Å². The van der Waals surface area contributed by atoms with Crippen molar-refractivity contribution in [1.82, 2.24) is 24.5 Å². The van der Waals surface area contributed by atoms with Crippen LogP contribution in [0.1, 0.15) is 96.9 Å². The highest BCUT2D eigenvalue weighted by Crippen LogP contribution is 2.34. The highest BCUT2D eigenvalue weighted by molar-refractivity contribution is 5.84. The number of hydrazine groups is 1. The van der Waals surface area contributed by atoms with Gasteiger partial charge in [-0.25, -0.2) is 9.99 Å². The number of aromatic nitrogens is 4. The first kappa shape index (κ1) is 25.7. The lowest BCUT2D eigenvalue weighted by Gasteiger charge is -2.36. The highest BCUT2D eigenvalue weighted by Gasteiger charge is 2.28. The van der Waals surface area contributed by atoms with Gasteiger partial charge in [-0.05, 0) is 70.1 Å². The third kappa shape index (κ3) is 5.94. The molecule has 1 aliphatic heterocycles. The first-order valence-corrected chi connectivity index (χ1v) is 14.5. The predicted octanol–water partition coefficient (Wildman–Crippen LogP) is 4.87. The molecule has 36 heavy (non-hydrogen) atoms. The van der Waals surface area contributed by atoms with Gasteiger partial charge < -0.3 is 25.8 Å². The molecule has 0 aromatic carbocycles. The summed E-state index contributed by atoms with van der Waals surface area (Å²) in [6, 6.07) is 1.20. The molecule has 1 saturated heterocycles. The van der Waals surface area contributed by atoms with Gasteiger partial charge in [-0.3, -0.25) is 0 Å². The molecule has 2 aromatic heterocycles. The fourth-order valence-corrected chi connectivity index (χ4v) is 6.34. The van der Waals surface area contributed by atoms with Crippen LogP contribution in [0.2, 0.25) is 0 Å². The van der Waals surface area contributed by atoms with Gasteiger partial charge in [0, 0.05) is 37.8 Å². The monoisotopic (exact) mass is 498 g/mol. The number of fused-ring (bicyclic) bond motifs is 1. The average Bonchev–Trinajstić information content (AvgIpc) is 3.57. The summed E-state index contributed by atoms with van der Waals surface area (Å²) in [7, 11) is 0. The Balaban J connectivity index is 1.32. The molecule has 1 atom stereocenters. The number of ether oxygens (including phenoxy) is 1. The van der Waals surface area contributed by atoms with E-state index in [0.29, 0.717) is 36.1 Å².